The molecule has 1 aromatic heterocycles. The number of hydrogen-bond donors (Lipinski definition) is 0. The van der Waals surface area contributed by atoms with Crippen LogP contribution in [0.2, 0.25) is 0 Å². The summed E-state index contributed by atoms with van der Waals surface area (Å²) in [6, 6.07) is 1.93. The lowest BCUT2D eigenvalue weighted by Gasteiger charge is -2.19. The summed E-state index contributed by atoms with van der Waals surface area (Å²) in [5.41, 5.74) is 1.10. The summed E-state index contributed by atoms with van der Waals surface area (Å²) in [5, 5.41) is 0. The van der Waals surface area contributed by atoms with Gasteiger partial charge in [0.15, 0.2) is 4.67 Å². The van der Waals surface area contributed by atoms with Crippen LogP contribution in [-0.4, -0.2) is 16.8 Å². The first-order chi connectivity index (χ1) is 6.74. The number of halogens is 1. The lowest BCUT2D eigenvalue weighted by molar-refractivity contribution is -0.109. The molecule has 76 valence electrons. The largest absolute Gasteiger partial charge is 0.457 e. The molecule has 2 nitrogen and oxygen atoms in total. The van der Waals surface area contributed by atoms with Crippen LogP contribution >= 0.6 is 27.7 Å². The van der Waals surface area contributed by atoms with Gasteiger partial charge in [0.1, 0.15) is 6.29 Å². The molecule has 0 aromatic carbocycles. The molecular formula is C10H11BrO2S. The van der Waals surface area contributed by atoms with Gasteiger partial charge in [-0.05, 0) is 52.6 Å². The Morgan fingerprint density at radius 3 is 3.07 bits per heavy atom. The number of furan rings is 1. The van der Waals surface area contributed by atoms with E-state index in [9.17, 15) is 4.79 Å². The highest BCUT2D eigenvalue weighted by atomic mass is 79.9. The molecule has 14 heavy (non-hydrogen) atoms. The molecule has 1 unspecified atom stereocenters. The molecule has 1 aliphatic rings. The maximum atomic E-state index is 11.1. The van der Waals surface area contributed by atoms with Crippen LogP contribution in [0, 0.1) is 0 Å². The van der Waals surface area contributed by atoms with Crippen LogP contribution in [0.15, 0.2) is 21.4 Å². The minimum Gasteiger partial charge on any atom is -0.457 e. The fraction of sp³-hybridized carbons (Fsp3) is 0.500. The molecule has 1 aromatic rings. The topological polar surface area (TPSA) is 30.2 Å². The number of rotatable bonds is 3. The van der Waals surface area contributed by atoms with Crippen LogP contribution < -0.4 is 0 Å². The van der Waals surface area contributed by atoms with E-state index >= 15 is 0 Å². The molecule has 4 heteroatoms. The van der Waals surface area contributed by atoms with Gasteiger partial charge >= 0.3 is 0 Å². The van der Waals surface area contributed by atoms with Gasteiger partial charge in [-0.2, -0.15) is 0 Å². The van der Waals surface area contributed by atoms with Gasteiger partial charge in [-0.3, -0.25) is 0 Å². The quantitative estimate of drug-likeness (QED) is 0.794. The average Bonchev–Trinajstić information content (AvgIpc) is 2.77. The first kappa shape index (κ1) is 10.3. The smallest absolute Gasteiger partial charge is 0.169 e. The normalized spacial score (nSPS) is 26.6. The summed E-state index contributed by atoms with van der Waals surface area (Å²) in [4.78, 5) is 11.1. The van der Waals surface area contributed by atoms with Crippen molar-refractivity contribution in [3.63, 3.8) is 0 Å². The van der Waals surface area contributed by atoms with E-state index < -0.39 is 0 Å². The van der Waals surface area contributed by atoms with Crippen molar-refractivity contribution in [3.05, 3.63) is 22.6 Å². The lowest BCUT2D eigenvalue weighted by Crippen LogP contribution is -2.25. The molecule has 1 atom stereocenters. The molecule has 1 aliphatic heterocycles. The summed E-state index contributed by atoms with van der Waals surface area (Å²) in [5.74, 6) is 1.10. The molecule has 2 rings (SSSR count). The van der Waals surface area contributed by atoms with Crippen LogP contribution in [0.25, 0.3) is 0 Å². The van der Waals surface area contributed by atoms with E-state index in [1.807, 2.05) is 6.07 Å². The predicted molar refractivity (Wildman–Crippen MR) is 60.6 cm³/mol. The second-order valence-corrected chi connectivity index (χ2v) is 5.86. The summed E-state index contributed by atoms with van der Waals surface area (Å²) in [7, 11) is 0. The average molecular weight is 275 g/mol. The molecular weight excluding hydrogens is 264 g/mol. The fourth-order valence-electron chi connectivity index (χ4n) is 1.78. The van der Waals surface area contributed by atoms with E-state index in [1.54, 1.807) is 18.0 Å². The van der Waals surface area contributed by atoms with Gasteiger partial charge in [0.2, 0.25) is 0 Å². The van der Waals surface area contributed by atoms with Crippen molar-refractivity contribution < 1.29 is 9.21 Å². The number of hydrogen-bond acceptors (Lipinski definition) is 3. The Labute approximate surface area is 95.6 Å². The molecule has 0 saturated carbocycles. The van der Waals surface area contributed by atoms with Crippen molar-refractivity contribution in [3.8, 4) is 0 Å². The van der Waals surface area contributed by atoms with Gasteiger partial charge in [0, 0.05) is 0 Å². The summed E-state index contributed by atoms with van der Waals surface area (Å²) < 4.78 is 5.70. The first-order valence-corrected chi connectivity index (χ1v) is 6.35. The van der Waals surface area contributed by atoms with Gasteiger partial charge in [0.25, 0.3) is 0 Å². The zero-order valence-electron chi connectivity index (χ0n) is 7.66. The highest BCUT2D eigenvalue weighted by Crippen LogP contribution is 2.39. The third kappa shape index (κ3) is 2.06. The molecule has 0 bridgehead atoms. The zero-order chi connectivity index (χ0) is 10.0. The number of aldehydes is 1. The van der Waals surface area contributed by atoms with Crippen molar-refractivity contribution in [1.29, 1.82) is 0 Å². The highest BCUT2D eigenvalue weighted by molar-refractivity contribution is 9.10. The zero-order valence-corrected chi connectivity index (χ0v) is 10.1. The van der Waals surface area contributed by atoms with E-state index in [0.717, 1.165) is 41.5 Å². The third-order valence-corrected chi connectivity index (χ3v) is 4.40. The maximum Gasteiger partial charge on any atom is 0.169 e. The van der Waals surface area contributed by atoms with Crippen LogP contribution in [-0.2, 0) is 11.2 Å². The van der Waals surface area contributed by atoms with Crippen LogP contribution in [0.5, 0.6) is 0 Å². The van der Waals surface area contributed by atoms with Crippen molar-refractivity contribution >= 4 is 34.0 Å². The molecule has 0 amide bonds. The van der Waals surface area contributed by atoms with E-state index in [1.165, 1.54) is 0 Å². The van der Waals surface area contributed by atoms with Gasteiger partial charge in [-0.25, -0.2) is 0 Å². The minimum atomic E-state index is -0.191. The standard InChI is InChI=1S/C10H11BrO2S/c11-9-4-8(6-13-9)5-10(7-12)2-1-3-14-10/h4,6-7H,1-3,5H2. The summed E-state index contributed by atoms with van der Waals surface area (Å²) in [6.07, 6.45) is 5.74. The van der Waals surface area contributed by atoms with Crippen LogP contribution in [0.1, 0.15) is 18.4 Å². The second-order valence-electron chi connectivity index (χ2n) is 3.57. The molecule has 0 spiro atoms. The summed E-state index contributed by atoms with van der Waals surface area (Å²) in [6.45, 7) is 0. The Kier molecular flexibility index (Phi) is 3.02. The number of carbonyl (C=O) groups excluding carboxylic acids is 1. The Hall–Kier alpha value is -0.220. The Morgan fingerprint density at radius 2 is 2.57 bits per heavy atom. The Morgan fingerprint density at radius 1 is 1.71 bits per heavy atom. The fourth-order valence-corrected chi connectivity index (χ4v) is 3.49. The number of carbonyl (C=O) groups is 1. The van der Waals surface area contributed by atoms with E-state index in [0.29, 0.717) is 0 Å². The van der Waals surface area contributed by atoms with Crippen molar-refractivity contribution in [2.45, 2.75) is 24.0 Å². The van der Waals surface area contributed by atoms with Gasteiger partial charge < -0.3 is 9.21 Å². The molecule has 0 aliphatic carbocycles. The second kappa shape index (κ2) is 4.11. The number of thioether (sulfide) groups is 1. The lowest BCUT2D eigenvalue weighted by atomic mass is 9.97. The van der Waals surface area contributed by atoms with Gasteiger partial charge in [-0.15, -0.1) is 11.8 Å². The maximum absolute atomic E-state index is 11.1. The predicted octanol–water partition coefficient (Wildman–Crippen LogP) is 3.05. The van der Waals surface area contributed by atoms with Gasteiger partial charge in [0.05, 0.1) is 11.0 Å². The third-order valence-electron chi connectivity index (χ3n) is 2.47. The molecule has 2 heterocycles. The molecule has 0 N–H and O–H groups in total. The Balaban J connectivity index is 2.11. The van der Waals surface area contributed by atoms with Gasteiger partial charge in [-0.1, -0.05) is 0 Å². The van der Waals surface area contributed by atoms with Crippen LogP contribution in [0.4, 0.5) is 0 Å². The summed E-state index contributed by atoms with van der Waals surface area (Å²) >= 11 is 5.03. The molecule has 1 fully saturated rings. The monoisotopic (exact) mass is 274 g/mol. The molecule has 0 radical (unpaired) electrons. The van der Waals surface area contributed by atoms with E-state index in [-0.39, 0.29) is 4.75 Å². The molecule has 1 saturated heterocycles. The minimum absolute atomic E-state index is 0.191. The van der Waals surface area contributed by atoms with Crippen molar-refractivity contribution in [2.24, 2.45) is 0 Å². The highest BCUT2D eigenvalue weighted by Gasteiger charge is 2.34. The first-order valence-electron chi connectivity index (χ1n) is 4.57. The van der Waals surface area contributed by atoms with Crippen molar-refractivity contribution in [2.75, 3.05) is 5.75 Å². The van der Waals surface area contributed by atoms with E-state index in [2.05, 4.69) is 15.9 Å². The van der Waals surface area contributed by atoms with Crippen LogP contribution in [0.3, 0.4) is 0 Å². The SMILES string of the molecule is O=CC1(Cc2coc(Br)c2)CCCS1. The van der Waals surface area contributed by atoms with Crippen molar-refractivity contribution in [1.82, 2.24) is 0 Å². The Bertz CT molecular complexity index is 329. The van der Waals surface area contributed by atoms with E-state index in [4.69, 9.17) is 4.42 Å².